The van der Waals surface area contributed by atoms with Crippen LogP contribution in [-0.2, 0) is 59.0 Å². The normalized spacial score (nSPS) is 22.9. The first-order valence-corrected chi connectivity index (χ1v) is 13.6. The van der Waals surface area contributed by atoms with E-state index in [1.807, 2.05) is 0 Å². The molecular weight excluding hydrogens is 504 g/mol. The SMILES string of the molecule is CO[C@H]1OC(COS(C)(=O)=O)(COS(C)(=O)=O)[C@@H](OCc2ccc(Cl)cc2)[C@H]1COC(C)=O. The first-order chi connectivity index (χ1) is 15.2. The first-order valence-electron chi connectivity index (χ1n) is 9.63. The Morgan fingerprint density at radius 3 is 2.06 bits per heavy atom. The lowest BCUT2D eigenvalue weighted by molar-refractivity contribution is -0.194. The average Bonchev–Trinajstić information content (AvgIpc) is 3.01. The maximum atomic E-state index is 11.7. The predicted molar refractivity (Wildman–Crippen MR) is 116 cm³/mol. The number of hydrogen-bond acceptors (Lipinski definition) is 11. The molecule has 188 valence electrons. The largest absolute Gasteiger partial charge is 0.465 e. The van der Waals surface area contributed by atoms with E-state index in [9.17, 15) is 21.6 Å². The minimum absolute atomic E-state index is 0.0116. The van der Waals surface area contributed by atoms with Gasteiger partial charge in [-0.05, 0) is 17.7 Å². The number of hydrogen-bond donors (Lipinski definition) is 0. The van der Waals surface area contributed by atoms with Crippen LogP contribution in [0.3, 0.4) is 0 Å². The fraction of sp³-hybridized carbons (Fsp3) is 0.632. The Hall–Kier alpha value is -1.32. The summed E-state index contributed by atoms with van der Waals surface area (Å²) in [4.78, 5) is 11.4. The van der Waals surface area contributed by atoms with Gasteiger partial charge in [0.1, 0.15) is 31.5 Å². The van der Waals surface area contributed by atoms with Crippen LogP contribution in [0.2, 0.25) is 5.02 Å². The van der Waals surface area contributed by atoms with Gasteiger partial charge in [-0.2, -0.15) is 16.8 Å². The maximum Gasteiger partial charge on any atom is 0.302 e. The summed E-state index contributed by atoms with van der Waals surface area (Å²) in [5.74, 6) is -1.34. The second-order valence-electron chi connectivity index (χ2n) is 7.54. The summed E-state index contributed by atoms with van der Waals surface area (Å²) < 4.78 is 79.2. The van der Waals surface area contributed by atoms with E-state index in [1.165, 1.54) is 14.0 Å². The summed E-state index contributed by atoms with van der Waals surface area (Å²) in [6.45, 7) is -0.254. The van der Waals surface area contributed by atoms with Crippen molar-refractivity contribution in [3.05, 3.63) is 34.9 Å². The Kier molecular flexibility index (Phi) is 9.65. The van der Waals surface area contributed by atoms with Crippen LogP contribution in [0.4, 0.5) is 0 Å². The van der Waals surface area contributed by atoms with Crippen LogP contribution in [0, 0.1) is 5.92 Å². The van der Waals surface area contributed by atoms with Gasteiger partial charge in [0.25, 0.3) is 20.2 Å². The highest BCUT2D eigenvalue weighted by Gasteiger charge is 2.58. The van der Waals surface area contributed by atoms with Crippen LogP contribution in [-0.4, -0.2) is 80.2 Å². The molecule has 2 rings (SSSR count). The van der Waals surface area contributed by atoms with Crippen LogP contribution < -0.4 is 0 Å². The van der Waals surface area contributed by atoms with Crippen molar-refractivity contribution in [2.75, 3.05) is 39.4 Å². The van der Waals surface area contributed by atoms with E-state index in [0.717, 1.165) is 12.5 Å². The molecule has 0 spiro atoms. The third kappa shape index (κ3) is 8.76. The van der Waals surface area contributed by atoms with Gasteiger partial charge in [0.05, 0.1) is 25.0 Å². The summed E-state index contributed by atoms with van der Waals surface area (Å²) >= 11 is 5.91. The molecule has 14 heteroatoms. The van der Waals surface area contributed by atoms with Gasteiger partial charge >= 0.3 is 5.97 Å². The number of ether oxygens (including phenoxy) is 4. The first kappa shape index (κ1) is 27.9. The number of esters is 1. The highest BCUT2D eigenvalue weighted by Crippen LogP contribution is 2.40. The molecule has 1 saturated heterocycles. The number of carbonyl (C=O) groups excluding carboxylic acids is 1. The van der Waals surface area contributed by atoms with E-state index < -0.39 is 63.3 Å². The molecule has 0 bridgehead atoms. The molecule has 1 fully saturated rings. The second-order valence-corrected chi connectivity index (χ2v) is 11.3. The molecule has 0 aromatic heterocycles. The fourth-order valence-corrected chi connectivity index (χ4v) is 4.20. The predicted octanol–water partition coefficient (Wildman–Crippen LogP) is 1.10. The van der Waals surface area contributed by atoms with E-state index in [-0.39, 0.29) is 13.2 Å². The topological polar surface area (TPSA) is 141 Å². The molecule has 1 aliphatic heterocycles. The molecular formula is C19H27ClO11S2. The van der Waals surface area contributed by atoms with Crippen LogP contribution >= 0.6 is 11.6 Å². The van der Waals surface area contributed by atoms with Crippen LogP contribution in [0.1, 0.15) is 12.5 Å². The zero-order chi connectivity index (χ0) is 24.9. The van der Waals surface area contributed by atoms with Gasteiger partial charge < -0.3 is 18.9 Å². The van der Waals surface area contributed by atoms with Crippen LogP contribution in [0.15, 0.2) is 24.3 Å². The molecule has 0 N–H and O–H groups in total. The third-order valence-electron chi connectivity index (χ3n) is 4.70. The van der Waals surface area contributed by atoms with E-state index in [1.54, 1.807) is 24.3 Å². The van der Waals surface area contributed by atoms with Crippen molar-refractivity contribution < 1.29 is 48.9 Å². The van der Waals surface area contributed by atoms with Gasteiger partial charge in [-0.25, -0.2) is 0 Å². The van der Waals surface area contributed by atoms with E-state index in [4.69, 9.17) is 38.9 Å². The molecule has 0 amide bonds. The molecule has 0 saturated carbocycles. The lowest BCUT2D eigenvalue weighted by atomic mass is 9.91. The zero-order valence-electron chi connectivity index (χ0n) is 18.6. The number of halogens is 1. The lowest BCUT2D eigenvalue weighted by Crippen LogP contribution is -2.52. The third-order valence-corrected chi connectivity index (χ3v) is 6.04. The quantitative estimate of drug-likeness (QED) is 0.283. The van der Waals surface area contributed by atoms with Crippen LogP contribution in [0.5, 0.6) is 0 Å². The highest BCUT2D eigenvalue weighted by molar-refractivity contribution is 7.86. The van der Waals surface area contributed by atoms with Crippen molar-refractivity contribution in [2.24, 2.45) is 5.92 Å². The number of rotatable bonds is 12. The Morgan fingerprint density at radius 2 is 1.61 bits per heavy atom. The molecule has 33 heavy (non-hydrogen) atoms. The van der Waals surface area contributed by atoms with Crippen molar-refractivity contribution in [2.45, 2.75) is 31.5 Å². The summed E-state index contributed by atoms with van der Waals surface area (Å²) in [6, 6.07) is 6.75. The van der Waals surface area contributed by atoms with E-state index in [2.05, 4.69) is 0 Å². The van der Waals surface area contributed by atoms with E-state index in [0.29, 0.717) is 10.6 Å². The lowest BCUT2D eigenvalue weighted by Gasteiger charge is -2.34. The molecule has 0 radical (unpaired) electrons. The molecule has 1 aliphatic rings. The minimum Gasteiger partial charge on any atom is -0.465 e. The molecule has 1 heterocycles. The van der Waals surface area contributed by atoms with Gasteiger partial charge in [0.2, 0.25) is 0 Å². The van der Waals surface area contributed by atoms with Crippen molar-refractivity contribution in [3.63, 3.8) is 0 Å². The van der Waals surface area contributed by atoms with Crippen LogP contribution in [0.25, 0.3) is 0 Å². The van der Waals surface area contributed by atoms with Gasteiger partial charge in [0, 0.05) is 19.1 Å². The summed E-state index contributed by atoms with van der Waals surface area (Å²) in [6.07, 6.45) is -0.437. The zero-order valence-corrected chi connectivity index (χ0v) is 20.9. The maximum absolute atomic E-state index is 11.7. The fourth-order valence-electron chi connectivity index (χ4n) is 3.25. The van der Waals surface area contributed by atoms with Gasteiger partial charge in [-0.1, -0.05) is 23.7 Å². The Labute approximate surface area is 198 Å². The van der Waals surface area contributed by atoms with Crippen molar-refractivity contribution in [1.82, 2.24) is 0 Å². The van der Waals surface area contributed by atoms with Crippen molar-refractivity contribution in [3.8, 4) is 0 Å². The van der Waals surface area contributed by atoms with E-state index >= 15 is 0 Å². The van der Waals surface area contributed by atoms with Gasteiger partial charge in [-0.15, -0.1) is 0 Å². The minimum atomic E-state index is -3.95. The smallest absolute Gasteiger partial charge is 0.302 e. The standard InChI is InChI=1S/C19H27ClO11S2/c1-13(21)27-10-16-17(28-9-14-5-7-15(20)8-6-14)19(31-18(16)26-2,11-29-32(3,22)23)12-30-33(4,24)25/h5-8,16-18H,9-12H2,1-4H3/t16-,17+,18+/m1/s1. The molecule has 1 aromatic carbocycles. The molecule has 0 unspecified atom stereocenters. The average molecular weight is 531 g/mol. The van der Waals surface area contributed by atoms with Gasteiger partial charge in [0.15, 0.2) is 6.29 Å². The molecule has 11 nitrogen and oxygen atoms in total. The summed E-state index contributed by atoms with van der Waals surface area (Å²) in [5, 5.41) is 0.521. The highest BCUT2D eigenvalue weighted by atomic mass is 35.5. The Bertz CT molecular complexity index is 973. The monoisotopic (exact) mass is 530 g/mol. The van der Waals surface area contributed by atoms with Crippen molar-refractivity contribution in [1.29, 1.82) is 0 Å². The Morgan fingerprint density at radius 1 is 1.06 bits per heavy atom. The number of methoxy groups -OCH3 is 1. The molecule has 3 atom stereocenters. The van der Waals surface area contributed by atoms with Gasteiger partial charge in [-0.3, -0.25) is 13.2 Å². The second kappa shape index (κ2) is 11.4. The van der Waals surface area contributed by atoms with Crippen molar-refractivity contribution >= 4 is 37.8 Å². The number of carbonyl (C=O) groups is 1. The summed E-state index contributed by atoms with van der Waals surface area (Å²) in [7, 11) is -6.57. The number of benzene rings is 1. The Balaban J connectivity index is 2.43. The summed E-state index contributed by atoms with van der Waals surface area (Å²) in [5.41, 5.74) is -1.02. The molecule has 0 aliphatic carbocycles. The molecule has 1 aromatic rings.